The first kappa shape index (κ1) is 15.1. The second-order valence-electron chi connectivity index (χ2n) is 5.15. The number of carbonyl (C=O) groups is 2. The van der Waals surface area contributed by atoms with Gasteiger partial charge in [-0.2, -0.15) is 0 Å². The van der Waals surface area contributed by atoms with Crippen molar-refractivity contribution in [1.29, 1.82) is 0 Å². The van der Waals surface area contributed by atoms with Crippen LogP contribution in [-0.4, -0.2) is 34.5 Å². The molecule has 1 unspecified atom stereocenters. The van der Waals surface area contributed by atoms with E-state index >= 15 is 0 Å². The number of carboxylic acid groups (broad SMARTS) is 1. The lowest BCUT2D eigenvalue weighted by molar-refractivity contribution is -0.132. The van der Waals surface area contributed by atoms with Crippen molar-refractivity contribution in [3.63, 3.8) is 0 Å². The number of benzene rings is 1. The Kier molecular flexibility index (Phi) is 4.99. The van der Waals surface area contributed by atoms with Crippen LogP contribution in [0, 0.1) is 11.8 Å². The third-order valence-corrected chi connectivity index (χ3v) is 3.78. The van der Waals surface area contributed by atoms with Crippen LogP contribution in [0.5, 0.6) is 0 Å². The van der Waals surface area contributed by atoms with Gasteiger partial charge in [-0.1, -0.05) is 31.0 Å². The number of carboxylic acids is 1. The van der Waals surface area contributed by atoms with Gasteiger partial charge in [-0.25, -0.2) is 4.79 Å². The first-order valence-corrected chi connectivity index (χ1v) is 7.24. The number of carbonyl (C=O) groups excluding carboxylic acids is 1. The molecule has 0 saturated carbocycles. The van der Waals surface area contributed by atoms with Crippen LogP contribution < -0.4 is 0 Å². The zero-order valence-corrected chi connectivity index (χ0v) is 12.1. The Bertz CT molecular complexity index is 598. The van der Waals surface area contributed by atoms with Crippen molar-refractivity contribution >= 4 is 11.9 Å². The highest BCUT2D eigenvalue weighted by atomic mass is 16.4. The quantitative estimate of drug-likeness (QED) is 0.865. The second-order valence-corrected chi connectivity index (χ2v) is 5.15. The Morgan fingerprint density at radius 2 is 2.14 bits per heavy atom. The monoisotopic (exact) mass is 285 g/mol. The lowest BCUT2D eigenvalue weighted by atomic mass is 9.99. The van der Waals surface area contributed by atoms with Crippen molar-refractivity contribution in [2.75, 3.05) is 6.54 Å². The molecular formula is C17H19NO3. The maximum absolute atomic E-state index is 11.9. The Hall–Kier alpha value is -2.28. The molecule has 1 amide bonds. The summed E-state index contributed by atoms with van der Waals surface area (Å²) in [6.07, 6.45) is 3.28. The molecule has 1 aromatic carbocycles. The summed E-state index contributed by atoms with van der Waals surface area (Å²) in [6.45, 7) is 2.70. The topological polar surface area (TPSA) is 57.6 Å². The number of nitrogens with zero attached hydrogens (tertiary/aromatic N) is 1. The van der Waals surface area contributed by atoms with E-state index in [0.717, 1.165) is 36.9 Å². The molecule has 110 valence electrons. The van der Waals surface area contributed by atoms with Crippen LogP contribution in [0.4, 0.5) is 0 Å². The lowest BCUT2D eigenvalue weighted by Crippen LogP contribution is -2.36. The van der Waals surface area contributed by atoms with Crippen molar-refractivity contribution in [2.24, 2.45) is 0 Å². The second kappa shape index (κ2) is 6.94. The molecule has 0 aliphatic carbocycles. The number of aliphatic carboxylic acids is 1. The minimum atomic E-state index is -1.13. The van der Waals surface area contributed by atoms with Crippen molar-refractivity contribution in [3.8, 4) is 11.8 Å². The van der Waals surface area contributed by atoms with Crippen LogP contribution in [0.1, 0.15) is 37.3 Å². The van der Waals surface area contributed by atoms with E-state index in [1.807, 2.05) is 36.1 Å². The fourth-order valence-electron chi connectivity index (χ4n) is 2.77. The molecular weight excluding hydrogens is 266 g/mol. The van der Waals surface area contributed by atoms with Crippen LogP contribution in [0.2, 0.25) is 0 Å². The largest absolute Gasteiger partial charge is 0.472 e. The maximum Gasteiger partial charge on any atom is 0.382 e. The van der Waals surface area contributed by atoms with Crippen LogP contribution in [0.3, 0.4) is 0 Å². The lowest BCUT2D eigenvalue weighted by Gasteiger charge is -2.24. The molecule has 0 aromatic heterocycles. The fraction of sp³-hybridized carbons (Fsp3) is 0.412. The van der Waals surface area contributed by atoms with Gasteiger partial charge < -0.3 is 10.0 Å². The summed E-state index contributed by atoms with van der Waals surface area (Å²) in [4.78, 5) is 24.5. The van der Waals surface area contributed by atoms with E-state index in [2.05, 4.69) is 11.8 Å². The molecule has 0 bridgehead atoms. The Labute approximate surface area is 124 Å². The highest BCUT2D eigenvalue weighted by Gasteiger charge is 2.28. The zero-order valence-electron chi connectivity index (χ0n) is 12.1. The summed E-state index contributed by atoms with van der Waals surface area (Å²) in [7, 11) is 0. The Morgan fingerprint density at radius 3 is 2.86 bits per heavy atom. The van der Waals surface area contributed by atoms with Crippen molar-refractivity contribution in [1.82, 2.24) is 4.90 Å². The van der Waals surface area contributed by atoms with Crippen LogP contribution >= 0.6 is 0 Å². The molecule has 1 saturated heterocycles. The minimum absolute atomic E-state index is 0.187. The minimum Gasteiger partial charge on any atom is -0.472 e. The number of likely N-dealkylation sites (tertiary alicyclic amines) is 1. The van der Waals surface area contributed by atoms with E-state index < -0.39 is 5.97 Å². The van der Waals surface area contributed by atoms with Gasteiger partial charge >= 0.3 is 5.97 Å². The highest BCUT2D eigenvalue weighted by molar-refractivity contribution is 5.87. The molecule has 21 heavy (non-hydrogen) atoms. The molecule has 2 rings (SSSR count). The predicted molar refractivity (Wildman–Crippen MR) is 79.7 cm³/mol. The summed E-state index contributed by atoms with van der Waals surface area (Å²) >= 11 is 0. The SMILES string of the molecule is CCC(=O)N1CCCC1Cc1ccccc1C#CC(=O)O. The third kappa shape index (κ3) is 3.85. The summed E-state index contributed by atoms with van der Waals surface area (Å²) in [6, 6.07) is 7.75. The molecule has 0 spiro atoms. The normalized spacial score (nSPS) is 17.2. The van der Waals surface area contributed by atoms with E-state index in [1.54, 1.807) is 0 Å². The average Bonchev–Trinajstić information content (AvgIpc) is 2.93. The molecule has 1 aliphatic heterocycles. The van der Waals surface area contributed by atoms with Crippen LogP contribution in [0.15, 0.2) is 24.3 Å². The zero-order chi connectivity index (χ0) is 15.2. The van der Waals surface area contributed by atoms with Crippen molar-refractivity contribution in [3.05, 3.63) is 35.4 Å². The van der Waals surface area contributed by atoms with E-state index in [9.17, 15) is 9.59 Å². The van der Waals surface area contributed by atoms with Crippen LogP contribution in [0.25, 0.3) is 0 Å². The summed E-state index contributed by atoms with van der Waals surface area (Å²) < 4.78 is 0. The van der Waals surface area contributed by atoms with Gasteiger partial charge in [-0.3, -0.25) is 4.79 Å². The summed E-state index contributed by atoms with van der Waals surface area (Å²) in [5, 5.41) is 8.67. The standard InChI is InChI=1S/C17H19NO3/c1-2-16(19)18-11-5-8-15(18)12-14-7-4-3-6-13(14)9-10-17(20)21/h3-4,6-7,15H,2,5,8,11-12H2,1H3,(H,20,21). The average molecular weight is 285 g/mol. The molecule has 1 atom stereocenters. The first-order chi connectivity index (χ1) is 10.1. The molecule has 1 N–H and O–H groups in total. The van der Waals surface area contributed by atoms with E-state index in [0.29, 0.717) is 6.42 Å². The fourth-order valence-corrected chi connectivity index (χ4v) is 2.77. The van der Waals surface area contributed by atoms with Gasteiger partial charge in [-0.05, 0) is 30.9 Å². The number of amides is 1. The number of hydrogen-bond donors (Lipinski definition) is 1. The molecule has 1 aromatic rings. The summed E-state index contributed by atoms with van der Waals surface area (Å²) in [5.74, 6) is 3.91. The Balaban J connectivity index is 2.18. The van der Waals surface area contributed by atoms with Gasteiger partial charge in [0.1, 0.15) is 0 Å². The molecule has 0 radical (unpaired) electrons. The predicted octanol–water partition coefficient (Wildman–Crippen LogP) is 2.07. The van der Waals surface area contributed by atoms with Gasteiger partial charge in [-0.15, -0.1) is 0 Å². The van der Waals surface area contributed by atoms with Gasteiger partial charge in [0.2, 0.25) is 5.91 Å². The Morgan fingerprint density at radius 1 is 1.38 bits per heavy atom. The van der Waals surface area contributed by atoms with Crippen molar-refractivity contribution < 1.29 is 14.7 Å². The first-order valence-electron chi connectivity index (χ1n) is 7.24. The third-order valence-electron chi connectivity index (χ3n) is 3.78. The highest BCUT2D eigenvalue weighted by Crippen LogP contribution is 2.23. The van der Waals surface area contributed by atoms with E-state index in [-0.39, 0.29) is 11.9 Å². The van der Waals surface area contributed by atoms with E-state index in [1.165, 1.54) is 0 Å². The van der Waals surface area contributed by atoms with Gasteiger partial charge in [0, 0.05) is 30.5 Å². The number of rotatable bonds is 3. The molecule has 1 fully saturated rings. The van der Waals surface area contributed by atoms with Gasteiger partial charge in [0.15, 0.2) is 0 Å². The van der Waals surface area contributed by atoms with Gasteiger partial charge in [0.05, 0.1) is 0 Å². The van der Waals surface area contributed by atoms with Crippen molar-refractivity contribution in [2.45, 2.75) is 38.6 Å². The molecule has 1 aliphatic rings. The molecule has 1 heterocycles. The molecule has 4 nitrogen and oxygen atoms in total. The number of hydrogen-bond acceptors (Lipinski definition) is 2. The smallest absolute Gasteiger partial charge is 0.382 e. The van der Waals surface area contributed by atoms with Crippen LogP contribution in [-0.2, 0) is 16.0 Å². The molecule has 4 heteroatoms. The van der Waals surface area contributed by atoms with E-state index in [4.69, 9.17) is 5.11 Å². The summed E-state index contributed by atoms with van der Waals surface area (Å²) in [5.41, 5.74) is 1.74. The van der Waals surface area contributed by atoms with Gasteiger partial charge in [0.25, 0.3) is 0 Å². The maximum atomic E-state index is 11.9.